The lowest BCUT2D eigenvalue weighted by Gasteiger charge is -2.36. The van der Waals surface area contributed by atoms with Gasteiger partial charge in [-0.3, -0.25) is 4.55 Å². The Bertz CT molecular complexity index is 718. The van der Waals surface area contributed by atoms with Gasteiger partial charge in [0.05, 0.1) is 0 Å². The highest BCUT2D eigenvalue weighted by Gasteiger charge is 2.38. The highest BCUT2D eigenvalue weighted by Crippen LogP contribution is 2.40. The molecule has 0 fully saturated rings. The molecule has 0 spiro atoms. The van der Waals surface area contributed by atoms with E-state index in [1.54, 1.807) is 18.2 Å². The fraction of sp³-hybridized carbons (Fsp3) is 0.444. The second-order valence-electron chi connectivity index (χ2n) is 6.50. The van der Waals surface area contributed by atoms with Gasteiger partial charge in [0.2, 0.25) is 0 Å². The molecule has 0 saturated heterocycles. The van der Waals surface area contributed by atoms with Crippen molar-refractivity contribution in [3.8, 4) is 0 Å². The molecule has 3 atom stereocenters. The first-order chi connectivity index (χ1) is 10.1. The van der Waals surface area contributed by atoms with E-state index in [4.69, 9.17) is 0 Å². The number of allylic oxidation sites excluding steroid dienone is 1. The number of fused-ring (bicyclic) bond motifs is 1. The summed E-state index contributed by atoms with van der Waals surface area (Å²) in [7, 11) is -4.22. The van der Waals surface area contributed by atoms with Gasteiger partial charge in [-0.25, -0.2) is 0 Å². The topological polar surface area (TPSA) is 54.4 Å². The molecule has 3 unspecified atom stereocenters. The predicted molar refractivity (Wildman–Crippen MR) is 91.4 cm³/mol. The SMILES string of the molecule is CCC(C)C1(C)/C=C\C(C)(S(=O)(=O)O)/C=C\c2ccccc21. The molecule has 1 aliphatic rings. The maximum atomic E-state index is 11.8. The van der Waals surface area contributed by atoms with Crippen LogP contribution in [0, 0.1) is 5.92 Å². The van der Waals surface area contributed by atoms with Crippen LogP contribution in [-0.2, 0) is 15.5 Å². The third kappa shape index (κ3) is 2.77. The molecular weight excluding hydrogens is 296 g/mol. The largest absolute Gasteiger partial charge is 0.285 e. The monoisotopic (exact) mass is 320 g/mol. The van der Waals surface area contributed by atoms with E-state index < -0.39 is 14.9 Å². The van der Waals surface area contributed by atoms with Crippen molar-refractivity contribution < 1.29 is 13.0 Å². The summed E-state index contributed by atoms with van der Waals surface area (Å²) in [5, 5.41) is 0. The van der Waals surface area contributed by atoms with Crippen molar-refractivity contribution in [2.24, 2.45) is 5.92 Å². The minimum absolute atomic E-state index is 0.290. The Balaban J connectivity index is 2.74. The fourth-order valence-electron chi connectivity index (χ4n) is 2.90. The molecule has 0 radical (unpaired) electrons. The molecule has 4 heteroatoms. The summed E-state index contributed by atoms with van der Waals surface area (Å²) in [6.45, 7) is 7.93. The lowest BCUT2D eigenvalue weighted by Crippen LogP contribution is -2.35. The van der Waals surface area contributed by atoms with E-state index in [9.17, 15) is 13.0 Å². The summed E-state index contributed by atoms with van der Waals surface area (Å²) < 4.78 is 31.8. The third-order valence-corrected chi connectivity index (χ3v) is 6.47. The Hall–Kier alpha value is -1.39. The number of hydrogen-bond acceptors (Lipinski definition) is 2. The van der Waals surface area contributed by atoms with Gasteiger partial charge in [-0.15, -0.1) is 0 Å². The van der Waals surface area contributed by atoms with Crippen molar-refractivity contribution in [3.05, 3.63) is 53.6 Å². The van der Waals surface area contributed by atoms with Gasteiger partial charge in [-0.1, -0.05) is 75.8 Å². The minimum Gasteiger partial charge on any atom is -0.285 e. The summed E-state index contributed by atoms with van der Waals surface area (Å²) in [6, 6.07) is 8.02. The zero-order valence-electron chi connectivity index (χ0n) is 13.6. The van der Waals surface area contributed by atoms with Gasteiger partial charge >= 0.3 is 0 Å². The van der Waals surface area contributed by atoms with Gasteiger partial charge in [0.1, 0.15) is 4.75 Å². The quantitative estimate of drug-likeness (QED) is 0.670. The molecule has 2 rings (SSSR count). The molecule has 120 valence electrons. The van der Waals surface area contributed by atoms with Gasteiger partial charge in [-0.2, -0.15) is 8.42 Å². The van der Waals surface area contributed by atoms with Crippen molar-refractivity contribution in [2.75, 3.05) is 0 Å². The van der Waals surface area contributed by atoms with Crippen LogP contribution < -0.4 is 0 Å². The first kappa shape index (κ1) is 17.0. The second-order valence-corrected chi connectivity index (χ2v) is 8.33. The van der Waals surface area contributed by atoms with E-state index in [-0.39, 0.29) is 5.41 Å². The Morgan fingerprint density at radius 1 is 1.14 bits per heavy atom. The van der Waals surface area contributed by atoms with Gasteiger partial charge in [0, 0.05) is 5.41 Å². The lowest BCUT2D eigenvalue weighted by molar-refractivity contribution is 0.374. The summed E-state index contributed by atoms with van der Waals surface area (Å²) in [5.74, 6) is 0.335. The summed E-state index contributed by atoms with van der Waals surface area (Å²) in [5.41, 5.74) is 1.88. The van der Waals surface area contributed by atoms with Gasteiger partial charge in [-0.05, 0) is 24.0 Å². The first-order valence-electron chi connectivity index (χ1n) is 7.60. The molecule has 0 bridgehead atoms. The second kappa shape index (κ2) is 5.67. The zero-order chi connectivity index (χ0) is 16.6. The van der Waals surface area contributed by atoms with Crippen LogP contribution in [0.1, 0.15) is 45.2 Å². The molecule has 3 nitrogen and oxygen atoms in total. The van der Waals surface area contributed by atoms with Crippen LogP contribution in [-0.4, -0.2) is 17.7 Å². The van der Waals surface area contributed by atoms with Crippen molar-refractivity contribution in [2.45, 2.75) is 44.3 Å². The third-order valence-electron chi connectivity index (χ3n) is 5.09. The highest BCUT2D eigenvalue weighted by atomic mass is 32.2. The van der Waals surface area contributed by atoms with E-state index in [1.165, 1.54) is 12.5 Å². The van der Waals surface area contributed by atoms with E-state index in [0.717, 1.165) is 12.0 Å². The smallest absolute Gasteiger partial charge is 0.277 e. The molecule has 1 aromatic carbocycles. The van der Waals surface area contributed by atoms with E-state index >= 15 is 0 Å². The predicted octanol–water partition coefficient (Wildman–Crippen LogP) is 4.22. The van der Waals surface area contributed by atoms with Crippen molar-refractivity contribution in [1.82, 2.24) is 0 Å². The molecule has 1 N–H and O–H groups in total. The minimum atomic E-state index is -4.22. The van der Waals surface area contributed by atoms with Crippen LogP contribution in [0.4, 0.5) is 0 Å². The van der Waals surface area contributed by atoms with Crippen molar-refractivity contribution in [1.29, 1.82) is 0 Å². The van der Waals surface area contributed by atoms with Crippen LogP contribution in [0.5, 0.6) is 0 Å². The van der Waals surface area contributed by atoms with Crippen LogP contribution in [0.3, 0.4) is 0 Å². The number of hydrogen-bond donors (Lipinski definition) is 1. The molecule has 0 amide bonds. The molecule has 22 heavy (non-hydrogen) atoms. The van der Waals surface area contributed by atoms with E-state index in [2.05, 4.69) is 26.8 Å². The molecule has 0 aromatic heterocycles. The Labute approximate surface area is 133 Å². The fourth-order valence-corrected chi connectivity index (χ4v) is 3.38. The molecule has 1 aliphatic carbocycles. The summed E-state index contributed by atoms with van der Waals surface area (Å²) in [6.07, 6.45) is 7.88. The summed E-state index contributed by atoms with van der Waals surface area (Å²) in [4.78, 5) is 0. The van der Waals surface area contributed by atoms with Crippen LogP contribution in [0.15, 0.2) is 42.5 Å². The van der Waals surface area contributed by atoms with Crippen molar-refractivity contribution >= 4 is 16.2 Å². The van der Waals surface area contributed by atoms with E-state index in [1.807, 2.05) is 24.3 Å². The zero-order valence-corrected chi connectivity index (χ0v) is 14.4. The maximum Gasteiger partial charge on any atom is 0.277 e. The average molecular weight is 320 g/mol. The standard InChI is InChI=1S/C18H24O3S/c1-5-14(2)18(4)13-12-17(3,22(19,20)21)11-10-15-8-6-7-9-16(15)18/h6-14H,5H2,1-4H3,(H,19,20,21)/b11-10-,13-12-. The number of benzene rings is 1. The first-order valence-corrected chi connectivity index (χ1v) is 9.04. The van der Waals surface area contributed by atoms with Crippen molar-refractivity contribution in [3.63, 3.8) is 0 Å². The van der Waals surface area contributed by atoms with Crippen LogP contribution in [0.25, 0.3) is 6.08 Å². The highest BCUT2D eigenvalue weighted by molar-refractivity contribution is 7.87. The maximum absolute atomic E-state index is 11.8. The molecule has 1 aromatic rings. The van der Waals surface area contributed by atoms with Gasteiger partial charge in [0.15, 0.2) is 0 Å². The van der Waals surface area contributed by atoms with Gasteiger partial charge < -0.3 is 0 Å². The van der Waals surface area contributed by atoms with E-state index in [0.29, 0.717) is 5.92 Å². The van der Waals surface area contributed by atoms with Gasteiger partial charge in [0.25, 0.3) is 10.1 Å². The Morgan fingerprint density at radius 3 is 2.36 bits per heavy atom. The Kier molecular flexibility index (Phi) is 4.37. The normalized spacial score (nSPS) is 32.4. The average Bonchev–Trinajstić information content (AvgIpc) is 2.47. The molecule has 0 heterocycles. The molecular formula is C18H24O3S. The van der Waals surface area contributed by atoms with Crippen LogP contribution >= 0.6 is 0 Å². The number of rotatable bonds is 3. The molecule has 0 saturated carbocycles. The Morgan fingerprint density at radius 2 is 1.77 bits per heavy atom. The van der Waals surface area contributed by atoms with Crippen LogP contribution in [0.2, 0.25) is 0 Å². The lowest BCUT2D eigenvalue weighted by atomic mass is 9.68. The molecule has 0 aliphatic heterocycles. The summed E-state index contributed by atoms with van der Waals surface area (Å²) >= 11 is 0.